The van der Waals surface area contributed by atoms with Crippen molar-refractivity contribution in [1.29, 1.82) is 0 Å². The van der Waals surface area contributed by atoms with Crippen LogP contribution in [0.15, 0.2) is 42.7 Å². The Bertz CT molecular complexity index is 1180. The van der Waals surface area contributed by atoms with Gasteiger partial charge in [-0.2, -0.15) is 0 Å². The van der Waals surface area contributed by atoms with Gasteiger partial charge in [0.05, 0.1) is 31.7 Å². The predicted molar refractivity (Wildman–Crippen MR) is 136 cm³/mol. The molecule has 3 fully saturated rings. The molecule has 9 nitrogen and oxygen atoms in total. The number of likely N-dealkylation sites (tertiary alicyclic amines) is 3. The molecule has 2 atom stereocenters. The molecule has 3 amide bonds. The average Bonchev–Trinajstić information content (AvgIpc) is 3.48. The van der Waals surface area contributed by atoms with Crippen molar-refractivity contribution in [3.8, 4) is 11.5 Å². The molecule has 2 aromatic rings. The van der Waals surface area contributed by atoms with Crippen LogP contribution in [-0.4, -0.2) is 84.9 Å². The molecule has 196 valence electrons. The van der Waals surface area contributed by atoms with Gasteiger partial charge in [-0.3, -0.25) is 19.4 Å². The van der Waals surface area contributed by atoms with Crippen LogP contribution in [0.2, 0.25) is 0 Å². The Morgan fingerprint density at radius 2 is 1.76 bits per heavy atom. The van der Waals surface area contributed by atoms with Gasteiger partial charge in [-0.05, 0) is 54.5 Å². The molecule has 9 heteroatoms. The van der Waals surface area contributed by atoms with Crippen LogP contribution in [0.5, 0.6) is 11.5 Å². The van der Waals surface area contributed by atoms with E-state index in [1.54, 1.807) is 56.8 Å². The van der Waals surface area contributed by atoms with E-state index in [-0.39, 0.29) is 35.6 Å². The topological polar surface area (TPSA) is 92.3 Å². The lowest BCUT2D eigenvalue weighted by Gasteiger charge is -2.39. The maximum absolute atomic E-state index is 13.7. The summed E-state index contributed by atoms with van der Waals surface area (Å²) in [7, 11) is 4.90. The maximum atomic E-state index is 13.7. The molecule has 3 aliphatic rings. The molecular formula is C28H34N4O5. The van der Waals surface area contributed by atoms with E-state index in [9.17, 15) is 14.4 Å². The van der Waals surface area contributed by atoms with Gasteiger partial charge in [-0.15, -0.1) is 0 Å². The van der Waals surface area contributed by atoms with E-state index in [0.29, 0.717) is 43.2 Å². The fourth-order valence-electron chi connectivity index (χ4n) is 6.20. The number of carbonyl (C=O) groups excluding carboxylic acids is 3. The SMILES string of the molecule is COc1ccc(OC)c(C(=O)N2CCC3(CC2)CCN(C(=O)[C@@H]2CC(=O)N(C)[C@H]2c2cccnc2)C3)c1. The van der Waals surface area contributed by atoms with Crippen molar-refractivity contribution >= 4 is 17.7 Å². The van der Waals surface area contributed by atoms with Gasteiger partial charge >= 0.3 is 0 Å². The minimum absolute atomic E-state index is 0.00319. The summed E-state index contributed by atoms with van der Waals surface area (Å²) in [6.45, 7) is 2.61. The van der Waals surface area contributed by atoms with Gasteiger partial charge in [0, 0.05) is 52.0 Å². The number of rotatable bonds is 5. The van der Waals surface area contributed by atoms with Gasteiger partial charge < -0.3 is 24.2 Å². The summed E-state index contributed by atoms with van der Waals surface area (Å²) in [5.41, 5.74) is 1.39. The number of hydrogen-bond donors (Lipinski definition) is 0. The zero-order valence-electron chi connectivity index (χ0n) is 21.7. The number of carbonyl (C=O) groups is 3. The molecule has 3 saturated heterocycles. The first kappa shape index (κ1) is 25.0. The van der Waals surface area contributed by atoms with Crippen LogP contribution in [0, 0.1) is 11.3 Å². The largest absolute Gasteiger partial charge is 0.497 e. The molecule has 3 aliphatic heterocycles. The van der Waals surface area contributed by atoms with Crippen molar-refractivity contribution in [2.75, 3.05) is 47.4 Å². The summed E-state index contributed by atoms with van der Waals surface area (Å²) >= 11 is 0. The molecule has 4 heterocycles. The van der Waals surface area contributed by atoms with Gasteiger partial charge in [0.15, 0.2) is 0 Å². The summed E-state index contributed by atoms with van der Waals surface area (Å²) in [6.07, 6.45) is 6.26. The third-order valence-electron chi connectivity index (χ3n) is 8.43. The van der Waals surface area contributed by atoms with Crippen molar-refractivity contribution in [3.05, 3.63) is 53.9 Å². The zero-order chi connectivity index (χ0) is 26.2. The van der Waals surface area contributed by atoms with E-state index in [0.717, 1.165) is 24.8 Å². The lowest BCUT2D eigenvalue weighted by molar-refractivity contribution is -0.136. The summed E-state index contributed by atoms with van der Waals surface area (Å²) in [6, 6.07) is 8.74. The fourth-order valence-corrected chi connectivity index (χ4v) is 6.20. The van der Waals surface area contributed by atoms with E-state index >= 15 is 0 Å². The van der Waals surface area contributed by atoms with Crippen LogP contribution >= 0.6 is 0 Å². The van der Waals surface area contributed by atoms with Crippen molar-refractivity contribution < 1.29 is 23.9 Å². The molecule has 0 bridgehead atoms. The van der Waals surface area contributed by atoms with Gasteiger partial charge in [0.1, 0.15) is 11.5 Å². The van der Waals surface area contributed by atoms with E-state index in [2.05, 4.69) is 4.98 Å². The predicted octanol–water partition coefficient (Wildman–Crippen LogP) is 2.77. The summed E-state index contributed by atoms with van der Waals surface area (Å²) in [5.74, 6) is 0.706. The van der Waals surface area contributed by atoms with Crippen LogP contribution < -0.4 is 9.47 Å². The van der Waals surface area contributed by atoms with Crippen LogP contribution in [0.3, 0.4) is 0 Å². The number of ether oxygens (including phenoxy) is 2. The van der Waals surface area contributed by atoms with Gasteiger partial charge in [0.2, 0.25) is 11.8 Å². The quantitative estimate of drug-likeness (QED) is 0.619. The summed E-state index contributed by atoms with van der Waals surface area (Å²) in [4.78, 5) is 49.3. The number of piperidine rings is 1. The number of hydrogen-bond acceptors (Lipinski definition) is 6. The summed E-state index contributed by atoms with van der Waals surface area (Å²) < 4.78 is 10.7. The highest BCUT2D eigenvalue weighted by Crippen LogP contribution is 2.44. The minimum Gasteiger partial charge on any atom is -0.497 e. The monoisotopic (exact) mass is 506 g/mol. The molecular weight excluding hydrogens is 472 g/mol. The lowest BCUT2D eigenvalue weighted by atomic mass is 9.77. The van der Waals surface area contributed by atoms with Crippen molar-refractivity contribution in [1.82, 2.24) is 19.7 Å². The van der Waals surface area contributed by atoms with E-state index in [1.807, 2.05) is 21.9 Å². The first-order chi connectivity index (χ1) is 17.9. The first-order valence-corrected chi connectivity index (χ1v) is 12.8. The van der Waals surface area contributed by atoms with E-state index in [1.165, 1.54) is 0 Å². The molecule has 1 aromatic carbocycles. The highest BCUT2D eigenvalue weighted by atomic mass is 16.5. The maximum Gasteiger partial charge on any atom is 0.257 e. The zero-order valence-corrected chi connectivity index (χ0v) is 21.7. The Kier molecular flexibility index (Phi) is 6.79. The number of amides is 3. The van der Waals surface area contributed by atoms with Crippen LogP contribution in [0.1, 0.15) is 47.6 Å². The van der Waals surface area contributed by atoms with Crippen molar-refractivity contribution in [2.45, 2.75) is 31.7 Å². The molecule has 0 aliphatic carbocycles. The lowest BCUT2D eigenvalue weighted by Crippen LogP contribution is -2.45. The Balaban J connectivity index is 1.25. The highest BCUT2D eigenvalue weighted by molar-refractivity contribution is 5.97. The average molecular weight is 507 g/mol. The molecule has 0 N–H and O–H groups in total. The number of methoxy groups -OCH3 is 2. The Hall–Kier alpha value is -3.62. The number of nitrogens with zero attached hydrogens (tertiary/aromatic N) is 4. The first-order valence-electron chi connectivity index (χ1n) is 12.8. The van der Waals surface area contributed by atoms with Crippen LogP contribution in [0.25, 0.3) is 0 Å². The Morgan fingerprint density at radius 3 is 2.41 bits per heavy atom. The molecule has 1 spiro atoms. The number of benzene rings is 1. The van der Waals surface area contributed by atoms with Crippen LogP contribution in [0.4, 0.5) is 0 Å². The summed E-state index contributed by atoms with van der Waals surface area (Å²) in [5, 5.41) is 0. The second kappa shape index (κ2) is 10.0. The Labute approximate surface area is 217 Å². The van der Waals surface area contributed by atoms with Gasteiger partial charge in [-0.1, -0.05) is 6.07 Å². The van der Waals surface area contributed by atoms with Crippen LogP contribution in [-0.2, 0) is 9.59 Å². The Morgan fingerprint density at radius 1 is 1.03 bits per heavy atom. The second-order valence-corrected chi connectivity index (χ2v) is 10.4. The third-order valence-corrected chi connectivity index (χ3v) is 8.43. The highest BCUT2D eigenvalue weighted by Gasteiger charge is 2.48. The molecule has 0 saturated carbocycles. The van der Waals surface area contributed by atoms with Gasteiger partial charge in [-0.25, -0.2) is 0 Å². The van der Waals surface area contributed by atoms with Crippen molar-refractivity contribution in [2.24, 2.45) is 11.3 Å². The molecule has 5 rings (SSSR count). The van der Waals surface area contributed by atoms with E-state index < -0.39 is 5.92 Å². The number of aromatic nitrogens is 1. The molecule has 1 aromatic heterocycles. The number of pyridine rings is 1. The normalized spacial score (nSPS) is 23.0. The van der Waals surface area contributed by atoms with Gasteiger partial charge in [0.25, 0.3) is 5.91 Å². The second-order valence-electron chi connectivity index (χ2n) is 10.4. The fraction of sp³-hybridized carbons (Fsp3) is 0.500. The molecule has 0 radical (unpaired) electrons. The van der Waals surface area contributed by atoms with Crippen molar-refractivity contribution in [3.63, 3.8) is 0 Å². The molecule has 37 heavy (non-hydrogen) atoms. The smallest absolute Gasteiger partial charge is 0.257 e. The standard InChI is InChI=1S/C28H34N4O5/c1-30-24(33)16-22(25(30)19-5-4-11-29-17-19)27(35)32-14-10-28(18-32)8-12-31(13-9-28)26(34)21-15-20(36-2)6-7-23(21)37-3/h4-7,11,15,17,22,25H,8-10,12-14,16,18H2,1-3H3/t22-,25+/m1/s1. The minimum atomic E-state index is -0.404. The third kappa shape index (κ3) is 4.63. The van der Waals surface area contributed by atoms with E-state index in [4.69, 9.17) is 9.47 Å². The molecule has 0 unspecified atom stereocenters.